The Kier molecular flexibility index (Phi) is 8.55. The van der Waals surface area contributed by atoms with Gasteiger partial charge in [-0.25, -0.2) is 0 Å². The van der Waals surface area contributed by atoms with Gasteiger partial charge in [-0.3, -0.25) is 15.6 Å². The van der Waals surface area contributed by atoms with Crippen LogP contribution >= 0.6 is 47.0 Å². The van der Waals surface area contributed by atoms with Gasteiger partial charge in [0.25, 0.3) is 5.91 Å². The molecule has 0 saturated heterocycles. The van der Waals surface area contributed by atoms with Gasteiger partial charge in [0.05, 0.1) is 26.0 Å². The van der Waals surface area contributed by atoms with Gasteiger partial charge in [-0.15, -0.1) is 0 Å². The van der Waals surface area contributed by atoms with Crippen LogP contribution in [0, 0.1) is 0 Å². The number of amides is 1. The number of hydrogen-bond acceptors (Lipinski definition) is 2. The molecule has 2 rings (SSSR count). The second kappa shape index (κ2) is 10.5. The third-order valence-corrected chi connectivity index (χ3v) is 5.60. The molecule has 1 amide bonds. The van der Waals surface area contributed by atoms with E-state index in [1.165, 1.54) is 30.3 Å². The molecule has 2 N–H and O–H groups in total. The number of hydrogen-bond donors (Lipinski definition) is 2. The van der Waals surface area contributed by atoms with Crippen LogP contribution in [-0.4, -0.2) is 17.1 Å². The lowest BCUT2D eigenvalue weighted by Crippen LogP contribution is -2.40. The molecular weight excluding hydrogens is 480 g/mol. The van der Waals surface area contributed by atoms with Crippen LogP contribution in [-0.2, 0) is 0 Å². The lowest BCUT2D eigenvalue weighted by Gasteiger charge is -2.18. The fraction of sp³-hybridized carbons (Fsp3) is 0.200. The first-order chi connectivity index (χ1) is 14.0. The van der Waals surface area contributed by atoms with Crippen LogP contribution in [0.3, 0.4) is 0 Å². The van der Waals surface area contributed by atoms with Crippen LogP contribution in [0.2, 0.25) is 15.1 Å². The molecule has 1 atom stereocenters. The number of benzene rings is 2. The zero-order chi connectivity index (χ0) is 22.5. The Hall–Kier alpha value is -1.80. The van der Waals surface area contributed by atoms with Crippen molar-refractivity contribution in [3.63, 3.8) is 0 Å². The average molecular weight is 496 g/mol. The van der Waals surface area contributed by atoms with E-state index in [-0.39, 0.29) is 20.6 Å². The molecule has 1 unspecified atom stereocenters. The Balaban J connectivity index is 2.20. The van der Waals surface area contributed by atoms with Gasteiger partial charge in [-0.05, 0) is 41.8 Å². The van der Waals surface area contributed by atoms with Crippen LogP contribution in [0.1, 0.15) is 40.7 Å². The largest absolute Gasteiger partial charge is 0.399 e. The van der Waals surface area contributed by atoms with E-state index >= 15 is 0 Å². The fourth-order valence-corrected chi connectivity index (χ4v) is 3.07. The van der Waals surface area contributed by atoms with Crippen molar-refractivity contribution in [3.05, 3.63) is 74.2 Å². The molecule has 0 aliphatic heterocycles. The van der Waals surface area contributed by atoms with Crippen molar-refractivity contribution < 1.29 is 18.0 Å². The van der Waals surface area contributed by atoms with E-state index in [2.05, 4.69) is 10.9 Å². The minimum absolute atomic E-state index is 0.00459. The van der Waals surface area contributed by atoms with E-state index in [1.807, 2.05) is 6.92 Å². The number of carbonyl (C=O) groups is 1. The van der Waals surface area contributed by atoms with Crippen LogP contribution in [0.25, 0.3) is 6.08 Å². The summed E-state index contributed by atoms with van der Waals surface area (Å²) in [5, 5.41) is -0.128. The maximum atomic E-state index is 13.6. The van der Waals surface area contributed by atoms with E-state index in [9.17, 15) is 18.0 Å². The van der Waals surface area contributed by atoms with Crippen molar-refractivity contribution >= 4 is 64.0 Å². The van der Waals surface area contributed by atoms with Gasteiger partial charge in [0.1, 0.15) is 0 Å². The summed E-state index contributed by atoms with van der Waals surface area (Å²) in [6.45, 7) is 1.84. The molecule has 0 aromatic heterocycles. The maximum absolute atomic E-state index is 13.6. The van der Waals surface area contributed by atoms with Gasteiger partial charge in [-0.2, -0.15) is 13.2 Å². The van der Waals surface area contributed by atoms with Crippen LogP contribution in [0.15, 0.2) is 42.5 Å². The van der Waals surface area contributed by atoms with Crippen LogP contribution < -0.4 is 10.9 Å². The molecular formula is C20H16Cl3F3N2OS. The number of hydrazine groups is 1. The van der Waals surface area contributed by atoms with Crippen molar-refractivity contribution in [2.75, 3.05) is 0 Å². The predicted octanol–water partition coefficient (Wildman–Crippen LogP) is 6.98. The molecule has 0 radical (unpaired) electrons. The molecule has 3 nitrogen and oxygen atoms in total. The Morgan fingerprint density at radius 3 is 2.17 bits per heavy atom. The van der Waals surface area contributed by atoms with Gasteiger partial charge in [0.15, 0.2) is 0 Å². The average Bonchev–Trinajstić information content (AvgIpc) is 2.69. The molecule has 2 aromatic rings. The van der Waals surface area contributed by atoms with Crippen molar-refractivity contribution in [1.82, 2.24) is 10.9 Å². The summed E-state index contributed by atoms with van der Waals surface area (Å²) in [6.07, 6.45) is -1.70. The summed E-state index contributed by atoms with van der Waals surface area (Å²) >= 11 is 22.5. The summed E-state index contributed by atoms with van der Waals surface area (Å²) in [5.41, 5.74) is 5.70. The van der Waals surface area contributed by atoms with Crippen molar-refractivity contribution in [2.24, 2.45) is 0 Å². The Morgan fingerprint density at radius 2 is 1.67 bits per heavy atom. The number of thiocarbonyl (C=S) groups is 1. The Bertz CT molecular complexity index is 940. The summed E-state index contributed by atoms with van der Waals surface area (Å²) in [5.74, 6) is -2.35. The van der Waals surface area contributed by atoms with E-state index < -0.39 is 18.0 Å². The molecule has 10 heteroatoms. The first-order valence-corrected chi connectivity index (χ1v) is 10.2. The van der Waals surface area contributed by atoms with Gasteiger partial charge in [0, 0.05) is 5.56 Å². The molecule has 0 bridgehead atoms. The number of halogens is 6. The highest BCUT2D eigenvalue weighted by Gasteiger charge is 2.39. The van der Waals surface area contributed by atoms with Crippen molar-refractivity contribution in [1.29, 1.82) is 0 Å². The summed E-state index contributed by atoms with van der Waals surface area (Å²) in [4.78, 5) is 12.5. The number of rotatable bonds is 5. The Labute approximate surface area is 192 Å². The minimum Gasteiger partial charge on any atom is -0.292 e. The standard InChI is InChI=1S/C20H16Cl3F3N2OS/c1-2-17(30)27-28-19(29)12-6-3-11(4-7-12)5-8-14(20(24,25)26)13-9-15(21)18(23)16(22)10-13/h3-10,14H,2H2,1H3,(H,27,30)(H,28,29). The van der Waals surface area contributed by atoms with E-state index in [0.29, 0.717) is 22.5 Å². The van der Waals surface area contributed by atoms with Gasteiger partial charge >= 0.3 is 6.18 Å². The SMILES string of the molecule is CCC(=S)NNC(=O)c1ccc(C=CC(c2cc(Cl)c(Cl)c(Cl)c2)C(F)(F)F)cc1. The first kappa shape index (κ1) is 24.5. The summed E-state index contributed by atoms with van der Waals surface area (Å²) < 4.78 is 40.7. The topological polar surface area (TPSA) is 41.1 Å². The second-order valence-corrected chi connectivity index (χ2v) is 7.84. The highest BCUT2D eigenvalue weighted by Crippen LogP contribution is 2.41. The lowest BCUT2D eigenvalue weighted by atomic mass is 9.97. The highest BCUT2D eigenvalue weighted by atomic mass is 35.5. The van der Waals surface area contributed by atoms with Gasteiger partial charge in [0.2, 0.25) is 0 Å². The molecule has 0 aliphatic carbocycles. The fourth-order valence-electron chi connectivity index (χ4n) is 2.40. The van der Waals surface area contributed by atoms with E-state index in [4.69, 9.17) is 47.0 Å². The Morgan fingerprint density at radius 1 is 1.10 bits per heavy atom. The lowest BCUT2D eigenvalue weighted by molar-refractivity contribution is -0.139. The number of nitrogens with one attached hydrogen (secondary N) is 2. The van der Waals surface area contributed by atoms with E-state index in [1.54, 1.807) is 0 Å². The quantitative estimate of drug-likeness (QED) is 0.267. The highest BCUT2D eigenvalue weighted by molar-refractivity contribution is 7.80. The van der Waals surface area contributed by atoms with Crippen LogP contribution in [0.5, 0.6) is 0 Å². The molecule has 0 spiro atoms. The van der Waals surface area contributed by atoms with E-state index in [0.717, 1.165) is 18.2 Å². The monoisotopic (exact) mass is 494 g/mol. The molecule has 0 heterocycles. The zero-order valence-electron chi connectivity index (χ0n) is 15.5. The third kappa shape index (κ3) is 6.60. The second-order valence-electron chi connectivity index (χ2n) is 6.15. The minimum atomic E-state index is -4.57. The molecule has 2 aromatic carbocycles. The third-order valence-electron chi connectivity index (χ3n) is 4.01. The van der Waals surface area contributed by atoms with Gasteiger partial charge < -0.3 is 0 Å². The van der Waals surface area contributed by atoms with Crippen LogP contribution in [0.4, 0.5) is 13.2 Å². The smallest absolute Gasteiger partial charge is 0.292 e. The van der Waals surface area contributed by atoms with Gasteiger partial charge in [-0.1, -0.05) is 78.2 Å². The molecule has 160 valence electrons. The number of carbonyl (C=O) groups excluding carboxylic acids is 1. The molecule has 0 saturated carbocycles. The number of allylic oxidation sites excluding steroid dienone is 1. The molecule has 0 aliphatic rings. The summed E-state index contributed by atoms with van der Waals surface area (Å²) in [6, 6.07) is 8.31. The first-order valence-electron chi connectivity index (χ1n) is 8.61. The van der Waals surface area contributed by atoms with Crippen molar-refractivity contribution in [3.8, 4) is 0 Å². The molecule has 30 heavy (non-hydrogen) atoms. The zero-order valence-corrected chi connectivity index (χ0v) is 18.6. The maximum Gasteiger partial charge on any atom is 0.399 e. The predicted molar refractivity (Wildman–Crippen MR) is 119 cm³/mol. The van der Waals surface area contributed by atoms with Crippen molar-refractivity contribution in [2.45, 2.75) is 25.4 Å². The summed E-state index contributed by atoms with van der Waals surface area (Å²) in [7, 11) is 0. The molecule has 0 fully saturated rings. The normalized spacial score (nSPS) is 12.6. The number of alkyl halides is 3.